The maximum Gasteiger partial charge on any atom is 0.269 e. The molecule has 13 nitrogen and oxygen atoms in total. The van der Waals surface area contributed by atoms with Crippen molar-refractivity contribution in [3.05, 3.63) is 143 Å². The van der Waals surface area contributed by atoms with Gasteiger partial charge in [0.25, 0.3) is 20.3 Å². The van der Waals surface area contributed by atoms with Crippen LogP contribution in [0.15, 0.2) is 115 Å². The van der Waals surface area contributed by atoms with E-state index in [1.54, 1.807) is 26.4 Å². The summed E-state index contributed by atoms with van der Waals surface area (Å²) in [5.74, 6) is 0.977. The lowest BCUT2D eigenvalue weighted by Gasteiger charge is -2.36. The third-order valence-corrected chi connectivity index (χ3v) is 13.7. The monoisotopic (exact) mass is 940 g/mol. The molecular weight excluding hydrogens is 876 g/mol. The molecular formula is C54H65N6O7P. The van der Waals surface area contributed by atoms with Crippen LogP contribution in [0.1, 0.15) is 110 Å². The van der Waals surface area contributed by atoms with Crippen molar-refractivity contribution in [2.24, 2.45) is 0 Å². The highest BCUT2D eigenvalue weighted by Crippen LogP contribution is 2.46. The van der Waals surface area contributed by atoms with Gasteiger partial charge in [-0.1, -0.05) is 78.9 Å². The molecule has 4 aromatic carbocycles. The van der Waals surface area contributed by atoms with Crippen molar-refractivity contribution in [1.82, 2.24) is 25.3 Å². The number of hydrogen-bond acceptors (Lipinski definition) is 11. The maximum atomic E-state index is 13.4. The molecule has 68 heavy (non-hydrogen) atoms. The minimum absolute atomic E-state index is 0.241. The summed E-state index contributed by atoms with van der Waals surface area (Å²) >= 11 is 0. The predicted molar refractivity (Wildman–Crippen MR) is 269 cm³/mol. The molecule has 1 atom stereocenters. The third-order valence-electron chi connectivity index (χ3n) is 11.6. The van der Waals surface area contributed by atoms with E-state index < -0.39 is 14.1 Å². The molecule has 0 saturated carbocycles. The number of hydrogen-bond donors (Lipinski definition) is 2. The zero-order valence-corrected chi connectivity index (χ0v) is 41.1. The van der Waals surface area contributed by atoms with Crippen molar-refractivity contribution >= 4 is 42.1 Å². The standard InChI is InChI=1S/C54H65N6O7P/c1-39(2)60(40(3)4)68(67-38-16-33-55)66-37-15-9-13-35-57-53(62)49-32-22-42-20-19-41-21-31-48(58-50(41)51(42)59-49)52(61)56-34-12-8-14-36-65-54(43-17-10-7-11-18-43,44-23-27-46(63-5)28-24-44)45-25-29-47(64-6)30-26-45/h7,10-11,17-32,39-40H,8-9,12-16,34-38H2,1-6H3,(H,56,61)(H,57,62). The highest BCUT2D eigenvalue weighted by Gasteiger charge is 2.38. The number of nitriles is 1. The number of nitrogens with one attached hydrogen (secondary N) is 2. The SMILES string of the molecule is COc1ccc(C(OCCCCCNC(=O)c2ccc3ccc4ccc(C(=O)NCCCCCOP(OCCC#N)N(C(C)C)C(C)C)nc4c3n2)(c2ccccc2)c2ccc(OC)cc2)cc1. The first-order valence-corrected chi connectivity index (χ1v) is 24.7. The number of fused-ring (bicyclic) bond motifs is 3. The average molecular weight is 941 g/mol. The first-order chi connectivity index (χ1) is 33.1. The fourth-order valence-electron chi connectivity index (χ4n) is 8.17. The van der Waals surface area contributed by atoms with E-state index in [0.29, 0.717) is 50.4 Å². The summed E-state index contributed by atoms with van der Waals surface area (Å²) in [7, 11) is 2.04. The molecule has 0 fully saturated rings. The molecule has 2 aromatic heterocycles. The van der Waals surface area contributed by atoms with Crippen molar-refractivity contribution in [3.63, 3.8) is 0 Å². The molecule has 0 saturated heterocycles. The summed E-state index contributed by atoms with van der Waals surface area (Å²) < 4.78 is 32.3. The molecule has 358 valence electrons. The van der Waals surface area contributed by atoms with Crippen molar-refractivity contribution in [2.75, 3.05) is 47.1 Å². The molecule has 6 aromatic rings. The van der Waals surface area contributed by atoms with E-state index in [9.17, 15) is 9.59 Å². The Morgan fingerprint density at radius 1 is 0.603 bits per heavy atom. The second-order valence-electron chi connectivity index (χ2n) is 17.0. The van der Waals surface area contributed by atoms with Gasteiger partial charge in [0, 0.05) is 42.6 Å². The van der Waals surface area contributed by atoms with Crippen LogP contribution in [-0.4, -0.2) is 85.7 Å². The van der Waals surface area contributed by atoms with E-state index in [1.807, 2.05) is 91.0 Å². The Labute approximate surface area is 402 Å². The number of rotatable bonds is 27. The van der Waals surface area contributed by atoms with Gasteiger partial charge in [0.05, 0.1) is 51.0 Å². The van der Waals surface area contributed by atoms with Gasteiger partial charge in [-0.25, -0.2) is 14.6 Å². The lowest BCUT2D eigenvalue weighted by atomic mass is 9.80. The number of aromatic nitrogens is 2. The molecule has 0 aliphatic heterocycles. The van der Waals surface area contributed by atoms with Gasteiger partial charge in [0.1, 0.15) is 28.5 Å². The Balaban J connectivity index is 1.01. The molecule has 2 heterocycles. The van der Waals surface area contributed by atoms with Crippen molar-refractivity contribution in [1.29, 1.82) is 5.26 Å². The fraction of sp³-hybridized carbons (Fsp3) is 0.389. The van der Waals surface area contributed by atoms with Gasteiger partial charge in [-0.3, -0.25) is 9.59 Å². The minimum Gasteiger partial charge on any atom is -0.497 e. The molecule has 0 bridgehead atoms. The van der Waals surface area contributed by atoms with E-state index in [4.69, 9.17) is 38.5 Å². The zero-order valence-electron chi connectivity index (χ0n) is 40.2. The van der Waals surface area contributed by atoms with E-state index in [-0.39, 0.29) is 35.3 Å². The van der Waals surface area contributed by atoms with E-state index >= 15 is 0 Å². The smallest absolute Gasteiger partial charge is 0.269 e. The quantitative estimate of drug-likeness (QED) is 0.0219. The van der Waals surface area contributed by atoms with Crippen LogP contribution in [0.4, 0.5) is 0 Å². The summed E-state index contributed by atoms with van der Waals surface area (Å²) in [6, 6.07) is 39.9. The lowest BCUT2D eigenvalue weighted by Crippen LogP contribution is -2.33. The molecule has 2 amide bonds. The molecule has 1 unspecified atom stereocenters. The number of pyridine rings is 2. The van der Waals surface area contributed by atoms with Crippen molar-refractivity contribution < 1.29 is 32.8 Å². The Morgan fingerprint density at radius 3 is 1.53 bits per heavy atom. The van der Waals surface area contributed by atoms with Crippen LogP contribution in [0.5, 0.6) is 11.5 Å². The van der Waals surface area contributed by atoms with E-state index in [0.717, 1.165) is 77.5 Å². The van der Waals surface area contributed by atoms with Crippen LogP contribution >= 0.6 is 8.53 Å². The second kappa shape index (κ2) is 25.9. The van der Waals surface area contributed by atoms with Gasteiger partial charge in [0.15, 0.2) is 0 Å². The van der Waals surface area contributed by atoms with Gasteiger partial charge in [-0.05, 0) is 119 Å². The maximum absolute atomic E-state index is 13.4. The van der Waals surface area contributed by atoms with Crippen LogP contribution < -0.4 is 20.1 Å². The van der Waals surface area contributed by atoms with Crippen LogP contribution in [0, 0.1) is 11.3 Å². The van der Waals surface area contributed by atoms with E-state index in [2.05, 4.69) is 61.2 Å². The third kappa shape index (κ3) is 13.4. The Kier molecular flexibility index (Phi) is 19.6. The van der Waals surface area contributed by atoms with E-state index in [1.165, 1.54) is 0 Å². The predicted octanol–water partition coefficient (Wildman–Crippen LogP) is 10.9. The van der Waals surface area contributed by atoms with Crippen LogP contribution in [-0.2, 0) is 19.4 Å². The van der Waals surface area contributed by atoms with Gasteiger partial charge in [-0.15, -0.1) is 0 Å². The first kappa shape index (κ1) is 51.4. The molecule has 2 N–H and O–H groups in total. The lowest BCUT2D eigenvalue weighted by molar-refractivity contribution is 0.0106. The van der Waals surface area contributed by atoms with Crippen molar-refractivity contribution in [2.45, 2.75) is 90.3 Å². The van der Waals surface area contributed by atoms with Crippen LogP contribution in [0.2, 0.25) is 0 Å². The highest BCUT2D eigenvalue weighted by molar-refractivity contribution is 7.44. The molecule has 0 aliphatic rings. The van der Waals surface area contributed by atoms with Crippen molar-refractivity contribution in [3.8, 4) is 17.6 Å². The molecule has 14 heteroatoms. The number of carbonyl (C=O) groups is 2. The minimum atomic E-state index is -1.27. The number of nitrogens with zero attached hydrogens (tertiary/aromatic N) is 4. The highest BCUT2D eigenvalue weighted by atomic mass is 31.2. The Bertz CT molecular complexity index is 2520. The molecule has 0 aliphatic carbocycles. The molecule has 0 radical (unpaired) electrons. The summed E-state index contributed by atoms with van der Waals surface area (Å²) in [6.45, 7) is 10.8. The Morgan fingerprint density at radius 2 is 1.06 bits per heavy atom. The number of carbonyl (C=O) groups excluding carboxylic acids is 2. The van der Waals surface area contributed by atoms with Gasteiger partial charge >= 0.3 is 0 Å². The van der Waals surface area contributed by atoms with Gasteiger partial charge < -0.3 is 33.9 Å². The topological polar surface area (TPSA) is 157 Å². The number of methoxy groups -OCH3 is 2. The molecule has 6 rings (SSSR count). The summed E-state index contributed by atoms with van der Waals surface area (Å²) in [5.41, 5.74) is 3.75. The summed E-state index contributed by atoms with van der Waals surface area (Å²) in [4.78, 5) is 36.2. The summed E-state index contributed by atoms with van der Waals surface area (Å²) in [6.07, 6.45) is 5.11. The normalized spacial score (nSPS) is 12.1. The Hall–Kier alpha value is -6.00. The number of unbranched alkanes of at least 4 members (excludes halogenated alkanes) is 4. The summed E-state index contributed by atoms with van der Waals surface area (Å²) in [5, 5.41) is 16.6. The average Bonchev–Trinajstić information content (AvgIpc) is 3.36. The number of ether oxygens (including phenoxy) is 3. The largest absolute Gasteiger partial charge is 0.497 e. The number of benzene rings is 4. The van der Waals surface area contributed by atoms with Gasteiger partial charge in [0.2, 0.25) is 0 Å². The van der Waals surface area contributed by atoms with Crippen LogP contribution in [0.25, 0.3) is 21.8 Å². The second-order valence-corrected chi connectivity index (χ2v) is 18.4. The zero-order chi connectivity index (χ0) is 48.3. The number of amides is 2. The first-order valence-electron chi connectivity index (χ1n) is 23.6. The molecule has 0 spiro atoms. The fourth-order valence-corrected chi connectivity index (χ4v) is 9.80. The van der Waals surface area contributed by atoms with Gasteiger partial charge in [-0.2, -0.15) is 5.26 Å². The van der Waals surface area contributed by atoms with Crippen LogP contribution in [0.3, 0.4) is 0 Å².